The zero-order valence-electron chi connectivity index (χ0n) is 10.7. The van der Waals surface area contributed by atoms with Crippen molar-refractivity contribution in [3.63, 3.8) is 0 Å². The first-order chi connectivity index (χ1) is 9.75. The standard InChI is InChI=1S/C15H14N4O/c16-14(10-5-2-1-3-6-10)15(20)18-12-7-4-8-13-11(12)9-17-19-13/h1-9,14H,16H2,(H,17,19)(H,18,20)/t14-/m1/s1. The Labute approximate surface area is 115 Å². The van der Waals surface area contributed by atoms with Crippen LogP contribution in [0.25, 0.3) is 10.9 Å². The molecule has 0 radical (unpaired) electrons. The number of nitrogens with one attached hydrogen (secondary N) is 2. The van der Waals surface area contributed by atoms with Crippen molar-refractivity contribution in [3.05, 3.63) is 60.3 Å². The van der Waals surface area contributed by atoms with Gasteiger partial charge in [0.15, 0.2) is 0 Å². The molecule has 4 N–H and O–H groups in total. The number of aromatic nitrogens is 2. The van der Waals surface area contributed by atoms with Gasteiger partial charge in [-0.2, -0.15) is 5.10 Å². The summed E-state index contributed by atoms with van der Waals surface area (Å²) in [6, 6.07) is 14.2. The van der Waals surface area contributed by atoms with Gasteiger partial charge in [-0.05, 0) is 17.7 Å². The van der Waals surface area contributed by atoms with Crippen molar-refractivity contribution < 1.29 is 4.79 Å². The van der Waals surface area contributed by atoms with E-state index in [0.717, 1.165) is 16.5 Å². The molecule has 1 aromatic heterocycles. The van der Waals surface area contributed by atoms with Gasteiger partial charge in [0.25, 0.3) is 0 Å². The molecule has 1 atom stereocenters. The lowest BCUT2D eigenvalue weighted by Crippen LogP contribution is -2.27. The van der Waals surface area contributed by atoms with E-state index in [1.807, 2.05) is 48.5 Å². The van der Waals surface area contributed by atoms with Gasteiger partial charge in [-0.25, -0.2) is 0 Å². The lowest BCUT2D eigenvalue weighted by atomic mass is 10.1. The summed E-state index contributed by atoms with van der Waals surface area (Å²) in [4.78, 5) is 12.2. The first-order valence-corrected chi connectivity index (χ1v) is 6.29. The van der Waals surface area contributed by atoms with Crippen LogP contribution in [-0.4, -0.2) is 16.1 Å². The molecule has 0 fully saturated rings. The Kier molecular flexibility index (Phi) is 3.18. The zero-order chi connectivity index (χ0) is 13.9. The van der Waals surface area contributed by atoms with Crippen molar-refractivity contribution in [1.29, 1.82) is 0 Å². The number of anilines is 1. The van der Waals surface area contributed by atoms with Crippen LogP contribution in [0.1, 0.15) is 11.6 Å². The lowest BCUT2D eigenvalue weighted by Gasteiger charge is -2.13. The fourth-order valence-electron chi connectivity index (χ4n) is 2.10. The maximum Gasteiger partial charge on any atom is 0.245 e. The van der Waals surface area contributed by atoms with Crippen LogP contribution in [0.5, 0.6) is 0 Å². The molecule has 0 saturated carbocycles. The van der Waals surface area contributed by atoms with E-state index in [-0.39, 0.29) is 5.91 Å². The largest absolute Gasteiger partial charge is 0.324 e. The van der Waals surface area contributed by atoms with Gasteiger partial charge in [0.1, 0.15) is 6.04 Å². The molecule has 0 saturated heterocycles. The van der Waals surface area contributed by atoms with Gasteiger partial charge in [0, 0.05) is 5.39 Å². The molecule has 0 bridgehead atoms. The Morgan fingerprint density at radius 3 is 2.75 bits per heavy atom. The Morgan fingerprint density at radius 1 is 1.15 bits per heavy atom. The minimum atomic E-state index is -0.696. The van der Waals surface area contributed by atoms with Crippen LogP contribution in [0, 0.1) is 0 Å². The number of carbonyl (C=O) groups excluding carboxylic acids is 1. The molecule has 2 aromatic carbocycles. The molecule has 0 aliphatic heterocycles. The minimum Gasteiger partial charge on any atom is -0.324 e. The second kappa shape index (κ2) is 5.14. The van der Waals surface area contributed by atoms with Crippen LogP contribution < -0.4 is 11.1 Å². The highest BCUT2D eigenvalue weighted by atomic mass is 16.2. The fourth-order valence-corrected chi connectivity index (χ4v) is 2.10. The average molecular weight is 266 g/mol. The van der Waals surface area contributed by atoms with Crippen molar-refractivity contribution in [1.82, 2.24) is 10.2 Å². The predicted molar refractivity (Wildman–Crippen MR) is 78.1 cm³/mol. The molecule has 0 spiro atoms. The second-order valence-electron chi connectivity index (χ2n) is 4.51. The number of nitrogens with zero attached hydrogens (tertiary/aromatic N) is 1. The van der Waals surface area contributed by atoms with E-state index in [1.165, 1.54) is 0 Å². The van der Waals surface area contributed by atoms with Crippen LogP contribution in [0.2, 0.25) is 0 Å². The summed E-state index contributed by atoms with van der Waals surface area (Å²) in [7, 11) is 0. The van der Waals surface area contributed by atoms with Crippen molar-refractivity contribution in [2.75, 3.05) is 5.32 Å². The van der Waals surface area contributed by atoms with E-state index < -0.39 is 6.04 Å². The first kappa shape index (κ1) is 12.4. The van der Waals surface area contributed by atoms with Crippen molar-refractivity contribution in [2.24, 2.45) is 5.73 Å². The van der Waals surface area contributed by atoms with Crippen molar-refractivity contribution >= 4 is 22.5 Å². The number of hydrogen-bond donors (Lipinski definition) is 3. The molecule has 20 heavy (non-hydrogen) atoms. The highest BCUT2D eigenvalue weighted by molar-refractivity contribution is 6.02. The Hall–Kier alpha value is -2.66. The van der Waals surface area contributed by atoms with Crippen LogP contribution in [0.4, 0.5) is 5.69 Å². The zero-order valence-corrected chi connectivity index (χ0v) is 10.7. The third-order valence-corrected chi connectivity index (χ3v) is 3.18. The number of hydrogen-bond acceptors (Lipinski definition) is 3. The normalized spacial score (nSPS) is 12.2. The van der Waals surface area contributed by atoms with Gasteiger partial charge < -0.3 is 11.1 Å². The smallest absolute Gasteiger partial charge is 0.245 e. The van der Waals surface area contributed by atoms with E-state index >= 15 is 0 Å². The summed E-state index contributed by atoms with van der Waals surface area (Å²) in [5.74, 6) is -0.245. The lowest BCUT2D eigenvalue weighted by molar-refractivity contribution is -0.117. The number of rotatable bonds is 3. The Balaban J connectivity index is 1.84. The molecule has 5 heteroatoms. The summed E-state index contributed by atoms with van der Waals surface area (Å²) in [6.07, 6.45) is 1.68. The number of amides is 1. The third kappa shape index (κ3) is 2.26. The monoisotopic (exact) mass is 266 g/mol. The number of fused-ring (bicyclic) bond motifs is 1. The Morgan fingerprint density at radius 2 is 1.95 bits per heavy atom. The molecule has 0 aliphatic carbocycles. The van der Waals surface area contributed by atoms with E-state index in [9.17, 15) is 4.79 Å². The third-order valence-electron chi connectivity index (χ3n) is 3.18. The minimum absolute atomic E-state index is 0.245. The first-order valence-electron chi connectivity index (χ1n) is 6.29. The molecule has 1 amide bonds. The molecule has 3 rings (SSSR count). The molecule has 0 unspecified atom stereocenters. The van der Waals surface area contributed by atoms with Crippen LogP contribution >= 0.6 is 0 Å². The molecule has 3 aromatic rings. The summed E-state index contributed by atoms with van der Waals surface area (Å²) < 4.78 is 0. The molecule has 5 nitrogen and oxygen atoms in total. The summed E-state index contributed by atoms with van der Waals surface area (Å²) in [5.41, 5.74) is 8.32. The Bertz CT molecular complexity index is 736. The van der Waals surface area contributed by atoms with Crippen LogP contribution in [-0.2, 0) is 4.79 Å². The molecule has 0 aliphatic rings. The molecule has 1 heterocycles. The fraction of sp³-hybridized carbons (Fsp3) is 0.0667. The maximum atomic E-state index is 12.2. The highest BCUT2D eigenvalue weighted by Gasteiger charge is 2.16. The number of carbonyl (C=O) groups is 1. The van der Waals surface area contributed by atoms with E-state index in [0.29, 0.717) is 5.69 Å². The van der Waals surface area contributed by atoms with E-state index in [1.54, 1.807) is 6.20 Å². The van der Waals surface area contributed by atoms with Gasteiger partial charge in [-0.1, -0.05) is 36.4 Å². The average Bonchev–Trinajstić information content (AvgIpc) is 2.97. The number of H-pyrrole nitrogens is 1. The van der Waals surface area contributed by atoms with Crippen LogP contribution in [0.3, 0.4) is 0 Å². The van der Waals surface area contributed by atoms with Crippen molar-refractivity contribution in [3.8, 4) is 0 Å². The highest BCUT2D eigenvalue weighted by Crippen LogP contribution is 2.22. The second-order valence-corrected chi connectivity index (χ2v) is 4.51. The van der Waals surface area contributed by atoms with Gasteiger partial charge in [0.2, 0.25) is 5.91 Å². The van der Waals surface area contributed by atoms with Gasteiger partial charge >= 0.3 is 0 Å². The predicted octanol–water partition coefficient (Wildman–Crippen LogP) is 2.20. The SMILES string of the molecule is N[C@@H](C(=O)Nc1cccc2[nH]ncc12)c1ccccc1. The number of nitrogens with two attached hydrogens (primary N) is 1. The number of benzene rings is 2. The van der Waals surface area contributed by atoms with Gasteiger partial charge in [-0.15, -0.1) is 0 Å². The summed E-state index contributed by atoms with van der Waals surface area (Å²) in [6.45, 7) is 0. The maximum absolute atomic E-state index is 12.2. The molecule has 100 valence electrons. The number of aromatic amines is 1. The van der Waals surface area contributed by atoms with Gasteiger partial charge in [0.05, 0.1) is 17.4 Å². The molecular formula is C15H14N4O. The van der Waals surface area contributed by atoms with E-state index in [4.69, 9.17) is 5.73 Å². The summed E-state index contributed by atoms with van der Waals surface area (Å²) >= 11 is 0. The summed E-state index contributed by atoms with van der Waals surface area (Å²) in [5, 5.41) is 10.5. The van der Waals surface area contributed by atoms with Gasteiger partial charge in [-0.3, -0.25) is 9.89 Å². The topological polar surface area (TPSA) is 83.8 Å². The quantitative estimate of drug-likeness (QED) is 0.679. The van der Waals surface area contributed by atoms with Crippen molar-refractivity contribution in [2.45, 2.75) is 6.04 Å². The van der Waals surface area contributed by atoms with Crippen LogP contribution in [0.15, 0.2) is 54.7 Å². The van der Waals surface area contributed by atoms with E-state index in [2.05, 4.69) is 15.5 Å². The molecular weight excluding hydrogens is 252 g/mol.